The molecule has 4 amide bonds. The van der Waals surface area contributed by atoms with E-state index in [-0.39, 0.29) is 24.3 Å². The van der Waals surface area contributed by atoms with Crippen LogP contribution in [-0.4, -0.2) is 115 Å². The highest BCUT2D eigenvalue weighted by molar-refractivity contribution is 6.34. The molecule has 10 nitrogen and oxygen atoms in total. The van der Waals surface area contributed by atoms with Crippen LogP contribution in [0.4, 0.5) is 0 Å². The van der Waals surface area contributed by atoms with E-state index in [2.05, 4.69) is 0 Å². The number of hydrogen-bond donors (Lipinski definition) is 0. The van der Waals surface area contributed by atoms with E-state index >= 15 is 0 Å². The van der Waals surface area contributed by atoms with Crippen molar-refractivity contribution >= 4 is 23.6 Å². The van der Waals surface area contributed by atoms with Crippen molar-refractivity contribution in [2.24, 2.45) is 5.92 Å². The maximum absolute atomic E-state index is 13.0. The molecule has 0 spiro atoms. The van der Waals surface area contributed by atoms with Crippen LogP contribution in [0.3, 0.4) is 0 Å². The molecule has 4 rings (SSSR count). The molecular weight excluding hydrogens is 440 g/mol. The summed E-state index contributed by atoms with van der Waals surface area (Å²) in [5.41, 5.74) is 0. The van der Waals surface area contributed by atoms with Crippen LogP contribution in [0.15, 0.2) is 30.3 Å². The standard InChI is InChI=1S/C24H32N4O6/c29-21(18-34-20-4-2-1-3-5-20)25-8-6-19(7-9-25)22(30)26-10-12-27(13-11-26)23(31)24(32)28-14-16-33-17-15-28/h1-5,19H,6-18H2. The molecule has 0 radical (unpaired) electrons. The van der Waals surface area contributed by atoms with Gasteiger partial charge in [-0.05, 0) is 25.0 Å². The van der Waals surface area contributed by atoms with Crippen LogP contribution in [-0.2, 0) is 23.9 Å². The minimum Gasteiger partial charge on any atom is -0.484 e. The second-order valence-corrected chi connectivity index (χ2v) is 8.78. The Hall–Kier alpha value is -3.14. The summed E-state index contributed by atoms with van der Waals surface area (Å²) in [6.45, 7) is 4.37. The van der Waals surface area contributed by atoms with Crippen molar-refractivity contribution in [2.75, 3.05) is 72.2 Å². The lowest BCUT2D eigenvalue weighted by molar-refractivity contribution is -0.156. The minimum atomic E-state index is -0.501. The molecule has 10 heteroatoms. The number of benzene rings is 1. The Morgan fingerprint density at radius 3 is 1.91 bits per heavy atom. The number of carbonyl (C=O) groups is 4. The Morgan fingerprint density at radius 1 is 0.735 bits per heavy atom. The van der Waals surface area contributed by atoms with Gasteiger partial charge >= 0.3 is 11.8 Å². The first kappa shape index (κ1) is 24.0. The van der Waals surface area contributed by atoms with Crippen molar-refractivity contribution < 1.29 is 28.7 Å². The molecule has 0 unspecified atom stereocenters. The Balaban J connectivity index is 1.18. The molecule has 0 aliphatic carbocycles. The number of carbonyl (C=O) groups excluding carboxylic acids is 4. The number of rotatable bonds is 4. The zero-order chi connectivity index (χ0) is 23.9. The number of hydrogen-bond acceptors (Lipinski definition) is 6. The summed E-state index contributed by atoms with van der Waals surface area (Å²) in [6.07, 6.45) is 1.23. The fraction of sp³-hybridized carbons (Fsp3) is 0.583. The molecule has 0 N–H and O–H groups in total. The zero-order valence-electron chi connectivity index (χ0n) is 19.4. The lowest BCUT2D eigenvalue weighted by Gasteiger charge is -2.39. The molecule has 0 atom stereocenters. The Morgan fingerprint density at radius 2 is 1.29 bits per heavy atom. The van der Waals surface area contributed by atoms with Gasteiger partial charge in [-0.2, -0.15) is 0 Å². The quantitative estimate of drug-likeness (QED) is 0.565. The van der Waals surface area contributed by atoms with E-state index in [9.17, 15) is 19.2 Å². The van der Waals surface area contributed by atoms with E-state index in [0.29, 0.717) is 84.2 Å². The van der Waals surface area contributed by atoms with Crippen LogP contribution in [0.1, 0.15) is 12.8 Å². The highest BCUT2D eigenvalue weighted by atomic mass is 16.5. The third kappa shape index (κ3) is 5.85. The Kier molecular flexibility index (Phi) is 7.99. The number of piperazine rings is 1. The van der Waals surface area contributed by atoms with Crippen molar-refractivity contribution in [1.29, 1.82) is 0 Å². The van der Waals surface area contributed by atoms with E-state index < -0.39 is 11.8 Å². The first-order valence-corrected chi connectivity index (χ1v) is 11.9. The fourth-order valence-electron chi connectivity index (χ4n) is 4.55. The summed E-state index contributed by atoms with van der Waals surface area (Å²) in [4.78, 5) is 57.0. The number of likely N-dealkylation sites (tertiary alicyclic amines) is 1. The smallest absolute Gasteiger partial charge is 0.312 e. The summed E-state index contributed by atoms with van der Waals surface area (Å²) >= 11 is 0. The van der Waals surface area contributed by atoms with E-state index in [1.165, 1.54) is 9.80 Å². The number of para-hydroxylation sites is 1. The Labute approximate surface area is 199 Å². The Bertz CT molecular complexity index is 873. The van der Waals surface area contributed by atoms with Crippen LogP contribution >= 0.6 is 0 Å². The fourth-order valence-corrected chi connectivity index (χ4v) is 4.55. The topological polar surface area (TPSA) is 99.7 Å². The normalized spacial score (nSPS) is 19.6. The first-order valence-electron chi connectivity index (χ1n) is 11.9. The molecular formula is C24H32N4O6. The predicted molar refractivity (Wildman–Crippen MR) is 122 cm³/mol. The molecule has 3 aliphatic heterocycles. The van der Waals surface area contributed by atoms with Crippen LogP contribution in [0, 0.1) is 5.92 Å². The van der Waals surface area contributed by atoms with Gasteiger partial charge in [-0.1, -0.05) is 18.2 Å². The van der Waals surface area contributed by atoms with Gasteiger partial charge in [0.15, 0.2) is 6.61 Å². The average molecular weight is 473 g/mol. The predicted octanol–water partition coefficient (Wildman–Crippen LogP) is -0.166. The van der Waals surface area contributed by atoms with E-state index in [0.717, 1.165) is 0 Å². The molecule has 1 aromatic rings. The van der Waals surface area contributed by atoms with Crippen LogP contribution < -0.4 is 4.74 Å². The van der Waals surface area contributed by atoms with E-state index in [4.69, 9.17) is 9.47 Å². The van der Waals surface area contributed by atoms with Gasteiger partial charge < -0.3 is 29.1 Å². The van der Waals surface area contributed by atoms with Gasteiger partial charge in [-0.15, -0.1) is 0 Å². The highest BCUT2D eigenvalue weighted by Gasteiger charge is 2.34. The molecule has 0 saturated carbocycles. The van der Waals surface area contributed by atoms with Crippen molar-refractivity contribution in [3.05, 3.63) is 30.3 Å². The number of piperidine rings is 1. The third-order valence-electron chi connectivity index (χ3n) is 6.66. The lowest BCUT2D eigenvalue weighted by Crippen LogP contribution is -2.56. The molecule has 184 valence electrons. The summed E-state index contributed by atoms with van der Waals surface area (Å²) < 4.78 is 10.8. The van der Waals surface area contributed by atoms with Gasteiger partial charge in [0.05, 0.1) is 13.2 Å². The van der Waals surface area contributed by atoms with E-state index in [1.807, 2.05) is 30.3 Å². The largest absolute Gasteiger partial charge is 0.484 e. The molecule has 3 fully saturated rings. The summed E-state index contributed by atoms with van der Waals surface area (Å²) in [5.74, 6) is -0.470. The van der Waals surface area contributed by atoms with Crippen molar-refractivity contribution in [1.82, 2.24) is 19.6 Å². The zero-order valence-corrected chi connectivity index (χ0v) is 19.4. The molecule has 0 bridgehead atoms. The van der Waals surface area contributed by atoms with Crippen molar-refractivity contribution in [2.45, 2.75) is 12.8 Å². The van der Waals surface area contributed by atoms with Crippen molar-refractivity contribution in [3.63, 3.8) is 0 Å². The van der Waals surface area contributed by atoms with Crippen LogP contribution in [0.5, 0.6) is 5.75 Å². The number of amides is 4. The summed E-state index contributed by atoms with van der Waals surface area (Å²) in [5, 5.41) is 0. The van der Waals surface area contributed by atoms with Gasteiger partial charge in [0, 0.05) is 58.3 Å². The maximum atomic E-state index is 13.0. The van der Waals surface area contributed by atoms with Gasteiger partial charge in [0.2, 0.25) is 5.91 Å². The van der Waals surface area contributed by atoms with Crippen LogP contribution in [0.2, 0.25) is 0 Å². The molecule has 1 aromatic carbocycles. The third-order valence-corrected chi connectivity index (χ3v) is 6.66. The SMILES string of the molecule is O=C(COc1ccccc1)N1CCC(C(=O)N2CCN(C(=O)C(=O)N3CCOCC3)CC2)CC1. The second kappa shape index (κ2) is 11.3. The second-order valence-electron chi connectivity index (χ2n) is 8.78. The molecule has 3 aliphatic rings. The van der Waals surface area contributed by atoms with Crippen LogP contribution in [0.25, 0.3) is 0 Å². The maximum Gasteiger partial charge on any atom is 0.312 e. The lowest BCUT2D eigenvalue weighted by atomic mass is 9.95. The summed E-state index contributed by atoms with van der Waals surface area (Å²) in [7, 11) is 0. The first-order chi connectivity index (χ1) is 16.5. The molecule has 34 heavy (non-hydrogen) atoms. The van der Waals surface area contributed by atoms with Gasteiger partial charge in [-0.25, -0.2) is 0 Å². The monoisotopic (exact) mass is 472 g/mol. The number of nitrogens with zero attached hydrogens (tertiary/aromatic N) is 4. The highest BCUT2D eigenvalue weighted by Crippen LogP contribution is 2.21. The van der Waals surface area contributed by atoms with E-state index in [1.54, 1.807) is 9.80 Å². The van der Waals surface area contributed by atoms with Gasteiger partial charge in [-0.3, -0.25) is 19.2 Å². The van der Waals surface area contributed by atoms with Crippen molar-refractivity contribution in [3.8, 4) is 5.75 Å². The van der Waals surface area contributed by atoms with Gasteiger partial charge in [0.1, 0.15) is 5.75 Å². The molecule has 0 aromatic heterocycles. The molecule has 3 heterocycles. The average Bonchev–Trinajstić information content (AvgIpc) is 2.91. The summed E-state index contributed by atoms with van der Waals surface area (Å²) in [6, 6.07) is 9.22. The number of ether oxygens (including phenoxy) is 2. The van der Waals surface area contributed by atoms with Gasteiger partial charge in [0.25, 0.3) is 5.91 Å². The minimum absolute atomic E-state index is 0.0121. The molecule has 3 saturated heterocycles. The number of morpholine rings is 1.